The molecule has 0 aromatic heterocycles. The molecule has 2 aliphatic rings. The molecule has 1 unspecified atom stereocenters. The fourth-order valence-corrected chi connectivity index (χ4v) is 2.36. The van der Waals surface area contributed by atoms with Gasteiger partial charge in [-0.25, -0.2) is 0 Å². The summed E-state index contributed by atoms with van der Waals surface area (Å²) in [5.41, 5.74) is 0.334. The topological polar surface area (TPSA) is 20.3 Å². The van der Waals surface area contributed by atoms with Gasteiger partial charge in [-0.05, 0) is 12.8 Å². The molecule has 1 saturated carbocycles. The Balaban J connectivity index is 2.09. The third-order valence-corrected chi connectivity index (χ3v) is 3.29. The van der Waals surface area contributed by atoms with E-state index in [0.29, 0.717) is 5.41 Å². The zero-order valence-electron chi connectivity index (χ0n) is 7.34. The normalized spacial score (nSPS) is 30.3. The largest absolute Gasteiger partial charge is 0.328 e. The van der Waals surface area contributed by atoms with Crippen LogP contribution in [0.3, 0.4) is 0 Å². The van der Waals surface area contributed by atoms with Crippen LogP contribution < -0.4 is 0 Å². The first-order valence-electron chi connectivity index (χ1n) is 4.43. The molecule has 1 amide bonds. The molecule has 1 heterocycles. The molecule has 0 radical (unpaired) electrons. The molecular formula is C10H13NO. The molecular weight excluding hydrogens is 150 g/mol. The van der Waals surface area contributed by atoms with E-state index < -0.39 is 0 Å². The lowest BCUT2D eigenvalue weighted by molar-refractivity contribution is -0.155. The highest BCUT2D eigenvalue weighted by Gasteiger charge is 2.56. The summed E-state index contributed by atoms with van der Waals surface area (Å²) in [5.74, 6) is 2.85. The minimum Gasteiger partial charge on any atom is -0.328 e. The van der Waals surface area contributed by atoms with Gasteiger partial charge in [0.25, 0.3) is 0 Å². The highest BCUT2D eigenvalue weighted by atomic mass is 16.2. The van der Waals surface area contributed by atoms with Crippen molar-refractivity contribution in [3.8, 4) is 12.3 Å². The van der Waals surface area contributed by atoms with Crippen LogP contribution in [0.1, 0.15) is 26.2 Å². The first-order valence-corrected chi connectivity index (χ1v) is 4.43. The molecule has 1 atom stereocenters. The second-order valence-electron chi connectivity index (χ2n) is 3.93. The average Bonchev–Trinajstić information content (AvgIpc) is 1.81. The van der Waals surface area contributed by atoms with Crippen molar-refractivity contribution in [2.24, 2.45) is 5.41 Å². The van der Waals surface area contributed by atoms with Crippen LogP contribution in [0.2, 0.25) is 0 Å². The molecule has 64 valence electrons. The lowest BCUT2D eigenvalue weighted by atomic mass is 9.58. The summed E-state index contributed by atoms with van der Waals surface area (Å²) in [6, 6.07) is 0.101. The van der Waals surface area contributed by atoms with Gasteiger partial charge in [-0.1, -0.05) is 12.3 Å². The van der Waals surface area contributed by atoms with Gasteiger partial charge in [0, 0.05) is 18.9 Å². The lowest BCUT2D eigenvalue weighted by Gasteiger charge is -2.60. The standard InChI is InChI=1S/C10H13NO/c1-3-9-10(5-4-6-10)7-11(9)8(2)12/h1,9H,4-7H2,2H3. The third-order valence-electron chi connectivity index (χ3n) is 3.29. The molecule has 0 aromatic carbocycles. The Labute approximate surface area is 72.9 Å². The van der Waals surface area contributed by atoms with Gasteiger partial charge in [0.05, 0.1) is 0 Å². The number of carbonyl (C=O) groups is 1. The van der Waals surface area contributed by atoms with Crippen LogP contribution in [0, 0.1) is 17.8 Å². The smallest absolute Gasteiger partial charge is 0.220 e. The van der Waals surface area contributed by atoms with E-state index >= 15 is 0 Å². The Kier molecular flexibility index (Phi) is 1.44. The molecule has 2 heteroatoms. The summed E-state index contributed by atoms with van der Waals surface area (Å²) in [5, 5.41) is 0. The minimum absolute atomic E-state index is 0.101. The lowest BCUT2D eigenvalue weighted by Crippen LogP contribution is -2.67. The van der Waals surface area contributed by atoms with E-state index in [9.17, 15) is 4.79 Å². The molecule has 2 fully saturated rings. The van der Waals surface area contributed by atoms with E-state index in [4.69, 9.17) is 6.42 Å². The number of hydrogen-bond donors (Lipinski definition) is 0. The highest BCUT2D eigenvalue weighted by molar-refractivity contribution is 5.75. The number of nitrogens with zero attached hydrogens (tertiary/aromatic N) is 1. The van der Waals surface area contributed by atoms with Gasteiger partial charge in [-0.3, -0.25) is 4.79 Å². The molecule has 0 N–H and O–H groups in total. The Bertz CT molecular complexity index is 260. The molecule has 1 saturated heterocycles. The average molecular weight is 163 g/mol. The van der Waals surface area contributed by atoms with Crippen LogP contribution in [-0.4, -0.2) is 23.4 Å². The summed E-state index contributed by atoms with van der Waals surface area (Å²) >= 11 is 0. The van der Waals surface area contributed by atoms with Crippen LogP contribution >= 0.6 is 0 Å². The zero-order chi connectivity index (χ0) is 8.77. The maximum absolute atomic E-state index is 11.1. The number of likely N-dealkylation sites (tertiary alicyclic amines) is 1. The Hall–Kier alpha value is -0.970. The SMILES string of the molecule is C#CC1N(C(C)=O)CC12CCC2. The third kappa shape index (κ3) is 0.741. The van der Waals surface area contributed by atoms with E-state index in [1.165, 1.54) is 19.3 Å². The summed E-state index contributed by atoms with van der Waals surface area (Å²) in [6.07, 6.45) is 9.11. The first kappa shape index (κ1) is 7.67. The Morgan fingerprint density at radius 1 is 1.67 bits per heavy atom. The first-order chi connectivity index (χ1) is 5.69. The van der Waals surface area contributed by atoms with Crippen molar-refractivity contribution < 1.29 is 4.79 Å². The summed E-state index contributed by atoms with van der Waals surface area (Å²) in [6.45, 7) is 2.49. The molecule has 1 aliphatic carbocycles. The molecule has 2 nitrogen and oxygen atoms in total. The van der Waals surface area contributed by atoms with Crippen molar-refractivity contribution in [2.45, 2.75) is 32.2 Å². The summed E-state index contributed by atoms with van der Waals surface area (Å²) in [7, 11) is 0. The predicted octanol–water partition coefficient (Wildman–Crippen LogP) is 1.02. The van der Waals surface area contributed by atoms with E-state index in [2.05, 4.69) is 5.92 Å². The fourth-order valence-electron chi connectivity index (χ4n) is 2.36. The Morgan fingerprint density at radius 2 is 2.33 bits per heavy atom. The maximum Gasteiger partial charge on any atom is 0.220 e. The van der Waals surface area contributed by atoms with Crippen LogP contribution in [0.4, 0.5) is 0 Å². The number of rotatable bonds is 0. The Morgan fingerprint density at radius 3 is 2.67 bits per heavy atom. The quantitative estimate of drug-likeness (QED) is 0.488. The number of amides is 1. The second-order valence-corrected chi connectivity index (χ2v) is 3.93. The molecule has 2 rings (SSSR count). The van der Waals surface area contributed by atoms with Gasteiger partial charge in [-0.15, -0.1) is 6.42 Å². The molecule has 1 spiro atoms. The zero-order valence-corrected chi connectivity index (χ0v) is 7.34. The van der Waals surface area contributed by atoms with Gasteiger partial charge in [0.1, 0.15) is 6.04 Å². The van der Waals surface area contributed by atoms with Crippen LogP contribution in [0.25, 0.3) is 0 Å². The van der Waals surface area contributed by atoms with E-state index in [-0.39, 0.29) is 11.9 Å². The van der Waals surface area contributed by atoms with Gasteiger partial charge < -0.3 is 4.90 Å². The van der Waals surface area contributed by atoms with E-state index in [1.807, 2.05) is 0 Å². The monoisotopic (exact) mass is 163 g/mol. The van der Waals surface area contributed by atoms with Crippen LogP contribution in [0.5, 0.6) is 0 Å². The van der Waals surface area contributed by atoms with Crippen LogP contribution in [-0.2, 0) is 4.79 Å². The van der Waals surface area contributed by atoms with Crippen molar-refractivity contribution in [1.29, 1.82) is 0 Å². The summed E-state index contributed by atoms with van der Waals surface area (Å²) in [4.78, 5) is 12.9. The van der Waals surface area contributed by atoms with Crippen molar-refractivity contribution in [2.75, 3.05) is 6.54 Å². The second kappa shape index (κ2) is 2.26. The minimum atomic E-state index is 0.101. The van der Waals surface area contributed by atoms with Crippen molar-refractivity contribution in [3.63, 3.8) is 0 Å². The highest BCUT2D eigenvalue weighted by Crippen LogP contribution is 2.52. The van der Waals surface area contributed by atoms with Gasteiger partial charge in [0.2, 0.25) is 5.91 Å². The van der Waals surface area contributed by atoms with Gasteiger partial charge in [0.15, 0.2) is 0 Å². The predicted molar refractivity (Wildman–Crippen MR) is 46.3 cm³/mol. The summed E-state index contributed by atoms with van der Waals surface area (Å²) < 4.78 is 0. The van der Waals surface area contributed by atoms with Gasteiger partial charge in [-0.2, -0.15) is 0 Å². The number of hydrogen-bond acceptors (Lipinski definition) is 1. The molecule has 0 bridgehead atoms. The van der Waals surface area contributed by atoms with Crippen molar-refractivity contribution in [1.82, 2.24) is 4.90 Å². The van der Waals surface area contributed by atoms with E-state index in [0.717, 1.165) is 6.54 Å². The maximum atomic E-state index is 11.1. The van der Waals surface area contributed by atoms with E-state index in [1.54, 1.807) is 11.8 Å². The van der Waals surface area contributed by atoms with Crippen molar-refractivity contribution in [3.05, 3.63) is 0 Å². The number of terminal acetylenes is 1. The molecule has 12 heavy (non-hydrogen) atoms. The van der Waals surface area contributed by atoms with Crippen LogP contribution in [0.15, 0.2) is 0 Å². The fraction of sp³-hybridized carbons (Fsp3) is 0.700. The van der Waals surface area contributed by atoms with Crippen molar-refractivity contribution >= 4 is 5.91 Å². The van der Waals surface area contributed by atoms with Gasteiger partial charge >= 0.3 is 0 Å². The number of carbonyl (C=O) groups excluding carboxylic acids is 1. The molecule has 1 aliphatic heterocycles. The molecule has 0 aromatic rings.